The van der Waals surface area contributed by atoms with Crippen LogP contribution in [-0.2, 0) is 24.2 Å². The number of benzene rings is 1. The molecule has 0 heterocycles. The molecule has 0 aliphatic rings. The molecular weight excluding hydrogens is 286 g/mol. The maximum absolute atomic E-state index is 11.4. The zero-order chi connectivity index (χ0) is 15.3. The summed E-state index contributed by atoms with van der Waals surface area (Å²) in [7, 11) is -2.22. The highest BCUT2D eigenvalue weighted by molar-refractivity contribution is 7.90. The lowest BCUT2D eigenvalue weighted by atomic mass is 10.0. The molecule has 0 saturated heterocycles. The molecule has 1 amide bonds. The quantitative estimate of drug-likeness (QED) is 0.537. The van der Waals surface area contributed by atoms with E-state index in [1.165, 1.54) is 24.3 Å². The Labute approximate surface area is 116 Å². The Hall–Kier alpha value is -1.93. The van der Waals surface area contributed by atoms with Crippen molar-refractivity contribution in [1.82, 2.24) is 5.32 Å². The number of carbonyl (C=O) groups excluding carboxylic acids is 2. The van der Waals surface area contributed by atoms with Crippen LogP contribution in [0.15, 0.2) is 29.2 Å². The van der Waals surface area contributed by atoms with Gasteiger partial charge in [-0.3, -0.25) is 4.79 Å². The summed E-state index contributed by atoms with van der Waals surface area (Å²) in [6.45, 7) is 0. The average molecular weight is 301 g/mol. The molecule has 0 radical (unpaired) electrons. The van der Waals surface area contributed by atoms with Gasteiger partial charge < -0.3 is 15.2 Å². The number of methoxy groups -OCH3 is 1. The fourth-order valence-corrected chi connectivity index (χ4v) is 2.22. The third-order valence-corrected chi connectivity index (χ3v) is 3.80. The second-order valence-corrected chi connectivity index (χ2v) is 6.09. The number of aliphatic hydroxyl groups excluding tert-OH is 1. The van der Waals surface area contributed by atoms with E-state index in [2.05, 4.69) is 10.1 Å². The van der Waals surface area contributed by atoms with Gasteiger partial charge in [-0.15, -0.1) is 0 Å². The van der Waals surface area contributed by atoms with E-state index in [1.807, 2.05) is 0 Å². The molecule has 0 aromatic heterocycles. The molecule has 0 unspecified atom stereocenters. The molecule has 1 aromatic rings. The van der Waals surface area contributed by atoms with Crippen LogP contribution in [-0.4, -0.2) is 45.3 Å². The fourth-order valence-electron chi connectivity index (χ4n) is 1.59. The highest BCUT2D eigenvalue weighted by Crippen LogP contribution is 2.20. The van der Waals surface area contributed by atoms with E-state index in [-0.39, 0.29) is 16.9 Å². The lowest BCUT2D eigenvalue weighted by Crippen LogP contribution is -2.41. The normalized spacial score (nSPS) is 14.2. The largest absolute Gasteiger partial charge is 0.467 e. The minimum absolute atomic E-state index is 0.0893. The molecular formula is C12H15NO6S. The number of hydrogen-bond acceptors (Lipinski definition) is 6. The van der Waals surface area contributed by atoms with E-state index in [0.29, 0.717) is 0 Å². The molecule has 2 N–H and O–H groups in total. The predicted octanol–water partition coefficient (Wildman–Crippen LogP) is -0.589. The topological polar surface area (TPSA) is 110 Å². The van der Waals surface area contributed by atoms with Gasteiger partial charge in [0.25, 0.3) is 0 Å². The molecule has 1 rings (SSSR count). The number of carbonyl (C=O) groups is 2. The lowest BCUT2D eigenvalue weighted by molar-refractivity contribution is -0.147. The Morgan fingerprint density at radius 1 is 1.35 bits per heavy atom. The van der Waals surface area contributed by atoms with E-state index >= 15 is 0 Å². The van der Waals surface area contributed by atoms with Gasteiger partial charge in [-0.05, 0) is 17.7 Å². The lowest BCUT2D eigenvalue weighted by Gasteiger charge is -2.20. The molecule has 0 bridgehead atoms. The molecule has 8 heteroatoms. The highest BCUT2D eigenvalue weighted by Gasteiger charge is 2.28. The monoisotopic (exact) mass is 301 g/mol. The Bertz CT molecular complexity index is 580. The SMILES string of the molecule is COC(=O)[C@@H](NC=O)[C@H](O)c1ccc(S(C)(=O)=O)cc1. The van der Waals surface area contributed by atoms with Crippen LogP contribution >= 0.6 is 0 Å². The summed E-state index contributed by atoms with van der Waals surface area (Å²) in [4.78, 5) is 22.0. The minimum atomic E-state index is -3.34. The van der Waals surface area contributed by atoms with Crippen LogP contribution in [0.5, 0.6) is 0 Å². The molecule has 0 saturated carbocycles. The van der Waals surface area contributed by atoms with Gasteiger partial charge in [0.2, 0.25) is 6.41 Å². The average Bonchev–Trinajstić information content (AvgIpc) is 2.42. The second-order valence-electron chi connectivity index (χ2n) is 4.07. The van der Waals surface area contributed by atoms with Crippen molar-refractivity contribution in [3.8, 4) is 0 Å². The third kappa shape index (κ3) is 3.78. The molecule has 0 aliphatic heterocycles. The van der Waals surface area contributed by atoms with Gasteiger partial charge in [-0.1, -0.05) is 12.1 Å². The van der Waals surface area contributed by atoms with E-state index in [4.69, 9.17) is 0 Å². The Morgan fingerprint density at radius 3 is 2.30 bits per heavy atom. The van der Waals surface area contributed by atoms with Crippen molar-refractivity contribution in [3.05, 3.63) is 29.8 Å². The first-order valence-corrected chi connectivity index (χ1v) is 7.46. The summed E-state index contributed by atoms with van der Waals surface area (Å²) in [5.74, 6) is -0.809. The zero-order valence-electron chi connectivity index (χ0n) is 10.9. The number of esters is 1. The first kappa shape index (κ1) is 16.1. The maximum atomic E-state index is 11.4. The van der Waals surface area contributed by atoms with Crippen molar-refractivity contribution in [2.75, 3.05) is 13.4 Å². The van der Waals surface area contributed by atoms with E-state index < -0.39 is 28.0 Å². The molecule has 7 nitrogen and oxygen atoms in total. The molecule has 0 fully saturated rings. The first-order chi connectivity index (χ1) is 9.31. The van der Waals surface area contributed by atoms with Crippen molar-refractivity contribution in [1.29, 1.82) is 0 Å². The number of sulfone groups is 1. The number of ether oxygens (including phenoxy) is 1. The van der Waals surface area contributed by atoms with Crippen molar-refractivity contribution in [2.24, 2.45) is 0 Å². The number of nitrogens with one attached hydrogen (secondary N) is 1. The van der Waals surface area contributed by atoms with Crippen LogP contribution in [0, 0.1) is 0 Å². The summed E-state index contributed by atoms with van der Waals surface area (Å²) in [5, 5.41) is 12.2. The van der Waals surface area contributed by atoms with E-state index in [0.717, 1.165) is 13.4 Å². The smallest absolute Gasteiger partial charge is 0.331 e. The highest BCUT2D eigenvalue weighted by atomic mass is 32.2. The Kier molecular flexibility index (Phi) is 5.23. The summed E-state index contributed by atoms with van der Waals surface area (Å²) in [6.07, 6.45) is -0.0134. The maximum Gasteiger partial charge on any atom is 0.331 e. The Morgan fingerprint density at radius 2 is 1.90 bits per heavy atom. The third-order valence-electron chi connectivity index (χ3n) is 2.67. The molecule has 1 aromatic carbocycles. The Balaban J connectivity index is 3.03. The molecule has 0 aliphatic carbocycles. The summed E-state index contributed by atoms with van der Waals surface area (Å²) < 4.78 is 27.1. The van der Waals surface area contributed by atoms with Gasteiger partial charge in [0, 0.05) is 6.26 Å². The summed E-state index contributed by atoms with van der Waals surface area (Å²) >= 11 is 0. The van der Waals surface area contributed by atoms with Gasteiger partial charge in [-0.2, -0.15) is 0 Å². The van der Waals surface area contributed by atoms with Crippen LogP contribution in [0.25, 0.3) is 0 Å². The minimum Gasteiger partial charge on any atom is -0.467 e. The van der Waals surface area contributed by atoms with Gasteiger partial charge in [0.1, 0.15) is 6.10 Å². The molecule has 20 heavy (non-hydrogen) atoms. The second kappa shape index (κ2) is 6.49. The van der Waals surface area contributed by atoms with Crippen LogP contribution in [0.1, 0.15) is 11.7 Å². The van der Waals surface area contributed by atoms with Crippen LogP contribution in [0.2, 0.25) is 0 Å². The number of hydrogen-bond donors (Lipinski definition) is 2. The van der Waals surface area contributed by atoms with Crippen LogP contribution in [0.4, 0.5) is 0 Å². The van der Waals surface area contributed by atoms with Crippen LogP contribution in [0.3, 0.4) is 0 Å². The summed E-state index contributed by atoms with van der Waals surface area (Å²) in [5.41, 5.74) is 0.280. The standard InChI is InChI=1S/C12H15NO6S/c1-19-12(16)10(13-7-14)11(15)8-3-5-9(6-4-8)20(2,17)18/h3-7,10-11,15H,1-2H3,(H,13,14)/t10-,11+/m0/s1. The molecule has 2 atom stereocenters. The van der Waals surface area contributed by atoms with Gasteiger partial charge in [0.15, 0.2) is 15.9 Å². The summed E-state index contributed by atoms with van der Waals surface area (Å²) in [6, 6.07) is 4.08. The van der Waals surface area contributed by atoms with Crippen molar-refractivity contribution in [2.45, 2.75) is 17.0 Å². The van der Waals surface area contributed by atoms with Gasteiger partial charge in [0.05, 0.1) is 12.0 Å². The van der Waals surface area contributed by atoms with E-state index in [9.17, 15) is 23.1 Å². The number of rotatable bonds is 6. The van der Waals surface area contributed by atoms with Gasteiger partial charge >= 0.3 is 5.97 Å². The first-order valence-electron chi connectivity index (χ1n) is 5.57. The van der Waals surface area contributed by atoms with Crippen LogP contribution < -0.4 is 5.32 Å². The number of amides is 1. The molecule has 110 valence electrons. The fraction of sp³-hybridized carbons (Fsp3) is 0.333. The molecule has 0 spiro atoms. The van der Waals surface area contributed by atoms with Crippen molar-refractivity contribution >= 4 is 22.2 Å². The van der Waals surface area contributed by atoms with Crippen molar-refractivity contribution < 1.29 is 27.9 Å². The van der Waals surface area contributed by atoms with E-state index in [1.54, 1.807) is 0 Å². The predicted molar refractivity (Wildman–Crippen MR) is 69.5 cm³/mol. The van der Waals surface area contributed by atoms with Gasteiger partial charge in [-0.25, -0.2) is 13.2 Å². The van der Waals surface area contributed by atoms with Crippen molar-refractivity contribution in [3.63, 3.8) is 0 Å². The zero-order valence-corrected chi connectivity index (χ0v) is 11.8. The number of aliphatic hydroxyl groups is 1.